The molecule has 0 bridgehead atoms. The zero-order valence-corrected chi connectivity index (χ0v) is 13.9. The molecular weight excluding hydrogens is 294 g/mol. The highest BCUT2D eigenvalue weighted by molar-refractivity contribution is 5.85. The summed E-state index contributed by atoms with van der Waals surface area (Å²) >= 11 is 0. The third-order valence-corrected chi connectivity index (χ3v) is 4.90. The molecule has 0 aromatic heterocycles. The Morgan fingerprint density at radius 2 is 1.91 bits per heavy atom. The molecule has 1 aromatic rings. The van der Waals surface area contributed by atoms with Crippen LogP contribution in [0, 0.1) is 17.8 Å². The van der Waals surface area contributed by atoms with Crippen molar-refractivity contribution in [2.24, 2.45) is 5.92 Å². The topological polar surface area (TPSA) is 20.3 Å². The molecule has 2 nitrogen and oxygen atoms in total. The first-order valence-corrected chi connectivity index (χ1v) is 8.08. The van der Waals surface area contributed by atoms with E-state index >= 15 is 0 Å². The number of fused-ring (bicyclic) bond motifs is 1. The Bertz CT molecular complexity index is 560. The van der Waals surface area contributed by atoms with Crippen LogP contribution in [0.1, 0.15) is 44.6 Å². The molecule has 118 valence electrons. The second-order valence-corrected chi connectivity index (χ2v) is 6.32. The van der Waals surface area contributed by atoms with Crippen LogP contribution >= 0.6 is 12.4 Å². The summed E-state index contributed by atoms with van der Waals surface area (Å²) in [6.45, 7) is 2.96. The number of carbonyl (C=O) groups is 1. The third kappa shape index (κ3) is 3.72. The largest absolute Gasteiger partial charge is 0.299 e. The second kappa shape index (κ2) is 7.81. The number of likely N-dealkylation sites (tertiary alicyclic amines) is 1. The van der Waals surface area contributed by atoms with Gasteiger partial charge in [-0.25, -0.2) is 0 Å². The molecule has 0 spiro atoms. The van der Waals surface area contributed by atoms with Gasteiger partial charge in [-0.05, 0) is 31.9 Å². The first kappa shape index (κ1) is 17.1. The molecule has 3 atom stereocenters. The molecule has 1 saturated carbocycles. The van der Waals surface area contributed by atoms with Crippen LogP contribution in [0.5, 0.6) is 0 Å². The van der Waals surface area contributed by atoms with Gasteiger partial charge in [0.15, 0.2) is 0 Å². The summed E-state index contributed by atoms with van der Waals surface area (Å²) in [7, 11) is 0. The van der Waals surface area contributed by atoms with Crippen LogP contribution in [0.4, 0.5) is 0 Å². The van der Waals surface area contributed by atoms with Gasteiger partial charge in [-0.15, -0.1) is 12.4 Å². The lowest BCUT2D eigenvalue weighted by molar-refractivity contribution is -0.132. The Balaban J connectivity index is 0.00000176. The number of Topliss-reactive ketones (excluding diaryl/α,β-unsaturated/α-hetero) is 1. The maximum atomic E-state index is 12.2. The Morgan fingerprint density at radius 3 is 2.68 bits per heavy atom. The van der Waals surface area contributed by atoms with E-state index in [0.29, 0.717) is 24.3 Å². The van der Waals surface area contributed by atoms with Gasteiger partial charge in [0.05, 0.1) is 6.54 Å². The number of benzene rings is 1. The van der Waals surface area contributed by atoms with Crippen molar-refractivity contribution in [1.82, 2.24) is 4.90 Å². The summed E-state index contributed by atoms with van der Waals surface area (Å²) in [5.74, 6) is 7.31. The predicted molar refractivity (Wildman–Crippen MR) is 92.1 cm³/mol. The van der Waals surface area contributed by atoms with Gasteiger partial charge in [0.1, 0.15) is 5.78 Å². The summed E-state index contributed by atoms with van der Waals surface area (Å²) in [5.41, 5.74) is 1.07. The van der Waals surface area contributed by atoms with Crippen molar-refractivity contribution in [2.75, 3.05) is 6.54 Å². The average molecular weight is 318 g/mol. The van der Waals surface area contributed by atoms with Crippen molar-refractivity contribution >= 4 is 18.2 Å². The molecule has 2 fully saturated rings. The minimum atomic E-state index is 0. The Labute approximate surface area is 139 Å². The smallest absolute Gasteiger partial charge is 0.139 e. The van der Waals surface area contributed by atoms with Crippen LogP contribution in [-0.2, 0) is 4.79 Å². The summed E-state index contributed by atoms with van der Waals surface area (Å²) in [4.78, 5) is 14.7. The molecule has 0 amide bonds. The monoisotopic (exact) mass is 317 g/mol. The lowest BCUT2D eigenvalue weighted by Crippen LogP contribution is -2.54. The van der Waals surface area contributed by atoms with Crippen molar-refractivity contribution in [3.05, 3.63) is 35.9 Å². The average Bonchev–Trinajstić information content (AvgIpc) is 2.51. The minimum Gasteiger partial charge on any atom is -0.299 e. The first-order chi connectivity index (χ1) is 10.3. The van der Waals surface area contributed by atoms with Gasteiger partial charge in [-0.2, -0.15) is 0 Å². The molecule has 1 aliphatic heterocycles. The van der Waals surface area contributed by atoms with E-state index in [4.69, 9.17) is 0 Å². The number of ketones is 1. The lowest BCUT2D eigenvalue weighted by atomic mass is 9.75. The van der Waals surface area contributed by atoms with Gasteiger partial charge >= 0.3 is 0 Å². The molecule has 1 heterocycles. The summed E-state index contributed by atoms with van der Waals surface area (Å²) < 4.78 is 0. The van der Waals surface area contributed by atoms with Crippen LogP contribution < -0.4 is 0 Å². The summed E-state index contributed by atoms with van der Waals surface area (Å²) in [6, 6.07) is 10.9. The van der Waals surface area contributed by atoms with E-state index in [9.17, 15) is 4.79 Å². The van der Waals surface area contributed by atoms with Crippen LogP contribution in [0.15, 0.2) is 30.3 Å². The van der Waals surface area contributed by atoms with E-state index in [1.54, 1.807) is 0 Å². The number of rotatable bonds is 1. The van der Waals surface area contributed by atoms with E-state index in [1.807, 2.05) is 30.3 Å². The van der Waals surface area contributed by atoms with Gasteiger partial charge in [0, 0.05) is 30.0 Å². The predicted octanol–water partition coefficient (Wildman–Crippen LogP) is 3.68. The van der Waals surface area contributed by atoms with Gasteiger partial charge in [0.2, 0.25) is 0 Å². The standard InChI is InChI=1S/C19H23NO.ClH/c1-15-14-19(21)17-11-5-6-12-18(17)20(15)13-7-10-16-8-3-2-4-9-16;/h2-4,8-9,15,17-18H,5-6,11-14H2,1H3;1H. The number of hydrogen-bond donors (Lipinski definition) is 0. The van der Waals surface area contributed by atoms with Crippen molar-refractivity contribution in [3.63, 3.8) is 0 Å². The fourth-order valence-electron chi connectivity index (χ4n) is 3.80. The molecule has 0 radical (unpaired) electrons. The maximum absolute atomic E-state index is 12.2. The highest BCUT2D eigenvalue weighted by atomic mass is 35.5. The van der Waals surface area contributed by atoms with Gasteiger partial charge in [-0.1, -0.05) is 42.9 Å². The number of nitrogens with zero attached hydrogens (tertiary/aromatic N) is 1. The fourth-order valence-corrected chi connectivity index (χ4v) is 3.80. The molecule has 1 aliphatic carbocycles. The van der Waals surface area contributed by atoms with Crippen molar-refractivity contribution in [3.8, 4) is 11.8 Å². The number of carbonyl (C=O) groups excluding carboxylic acids is 1. The summed E-state index contributed by atoms with van der Waals surface area (Å²) in [5, 5.41) is 0. The molecular formula is C19H24ClNO. The molecule has 2 aliphatic rings. The van der Waals surface area contributed by atoms with E-state index < -0.39 is 0 Å². The van der Waals surface area contributed by atoms with Crippen molar-refractivity contribution < 1.29 is 4.79 Å². The van der Waals surface area contributed by atoms with Crippen LogP contribution in [-0.4, -0.2) is 29.3 Å². The molecule has 1 aromatic carbocycles. The molecule has 22 heavy (non-hydrogen) atoms. The third-order valence-electron chi connectivity index (χ3n) is 4.90. The molecule has 1 saturated heterocycles. The lowest BCUT2D eigenvalue weighted by Gasteiger charge is -2.45. The van der Waals surface area contributed by atoms with E-state index in [-0.39, 0.29) is 18.3 Å². The quantitative estimate of drug-likeness (QED) is 0.736. The van der Waals surface area contributed by atoms with Gasteiger partial charge < -0.3 is 0 Å². The van der Waals surface area contributed by atoms with Crippen LogP contribution in [0.25, 0.3) is 0 Å². The van der Waals surface area contributed by atoms with Crippen molar-refractivity contribution in [1.29, 1.82) is 0 Å². The van der Waals surface area contributed by atoms with Gasteiger partial charge in [0.25, 0.3) is 0 Å². The van der Waals surface area contributed by atoms with E-state index in [1.165, 1.54) is 12.8 Å². The highest BCUT2D eigenvalue weighted by Crippen LogP contribution is 2.35. The SMILES string of the molecule is CC1CC(=O)C2CCCCC2N1CC#Cc1ccccc1.Cl. The number of piperidine rings is 1. The molecule has 0 N–H and O–H groups in total. The van der Waals surface area contributed by atoms with Crippen LogP contribution in [0.3, 0.4) is 0 Å². The summed E-state index contributed by atoms with van der Waals surface area (Å²) in [6.07, 6.45) is 5.41. The normalized spacial score (nSPS) is 28.0. The number of halogens is 1. The van der Waals surface area contributed by atoms with E-state index in [2.05, 4.69) is 23.7 Å². The second-order valence-electron chi connectivity index (χ2n) is 6.32. The van der Waals surface area contributed by atoms with E-state index in [0.717, 1.165) is 24.9 Å². The number of hydrogen-bond acceptors (Lipinski definition) is 2. The zero-order chi connectivity index (χ0) is 14.7. The molecule has 3 unspecified atom stereocenters. The fraction of sp³-hybridized carbons (Fsp3) is 0.526. The minimum absolute atomic E-state index is 0. The van der Waals surface area contributed by atoms with Crippen LogP contribution in [0.2, 0.25) is 0 Å². The Morgan fingerprint density at radius 1 is 1.18 bits per heavy atom. The van der Waals surface area contributed by atoms with Crippen molar-refractivity contribution in [2.45, 2.75) is 51.1 Å². The zero-order valence-electron chi connectivity index (χ0n) is 13.1. The Kier molecular flexibility index (Phi) is 6.06. The highest BCUT2D eigenvalue weighted by Gasteiger charge is 2.41. The molecule has 3 rings (SSSR count). The first-order valence-electron chi connectivity index (χ1n) is 8.08. The Hall–Kier alpha value is -1.30. The molecule has 3 heteroatoms. The maximum Gasteiger partial charge on any atom is 0.139 e. The van der Waals surface area contributed by atoms with Gasteiger partial charge in [-0.3, -0.25) is 9.69 Å².